The third kappa shape index (κ3) is 3.76. The van der Waals surface area contributed by atoms with Crippen LogP contribution >= 0.6 is 0 Å². The summed E-state index contributed by atoms with van der Waals surface area (Å²) in [6, 6.07) is 6.86. The van der Waals surface area contributed by atoms with Crippen molar-refractivity contribution in [3.05, 3.63) is 47.5 Å². The van der Waals surface area contributed by atoms with E-state index in [1.807, 2.05) is 30.4 Å². The number of hydrogen-bond donors (Lipinski definition) is 1. The van der Waals surface area contributed by atoms with E-state index in [1.165, 1.54) is 12.5 Å². The molecule has 1 aromatic carbocycles. The van der Waals surface area contributed by atoms with Gasteiger partial charge >= 0.3 is 5.97 Å². The number of rotatable bonds is 5. The Labute approximate surface area is 175 Å². The first kappa shape index (κ1) is 20.3. The van der Waals surface area contributed by atoms with Gasteiger partial charge in [-0.3, -0.25) is 19.3 Å². The predicted octanol–water partition coefficient (Wildman–Crippen LogP) is 2.06. The lowest BCUT2D eigenvalue weighted by Crippen LogP contribution is -2.45. The number of fused-ring (bicyclic) bond motifs is 2. The van der Waals surface area contributed by atoms with Gasteiger partial charge in [0.15, 0.2) is 6.61 Å². The highest BCUT2D eigenvalue weighted by atomic mass is 16.5. The molecule has 3 amide bonds. The molecule has 0 radical (unpaired) electrons. The Morgan fingerprint density at radius 1 is 1.13 bits per heavy atom. The fraction of sp³-hybridized carbons (Fsp3) is 0.478. The molecule has 7 heteroatoms. The summed E-state index contributed by atoms with van der Waals surface area (Å²) < 4.78 is 5.14. The van der Waals surface area contributed by atoms with Gasteiger partial charge in [-0.05, 0) is 50.2 Å². The number of nitrogens with zero attached hydrogens (tertiary/aromatic N) is 1. The molecule has 7 nitrogen and oxygen atoms in total. The smallest absolute Gasteiger partial charge is 0.329 e. The quantitative estimate of drug-likeness (QED) is 0.456. The SMILES string of the molecule is C[C@@H](C(=O)OCC(=O)N[C@H]1CCCc2ccccc21)N1C(=O)[C@H]2CC=CC[C@@H]2C1=O. The van der Waals surface area contributed by atoms with Crippen molar-refractivity contribution in [1.29, 1.82) is 0 Å². The molecule has 1 aromatic rings. The van der Waals surface area contributed by atoms with Crippen LogP contribution in [0.2, 0.25) is 0 Å². The monoisotopic (exact) mass is 410 g/mol. The number of nitrogens with one attached hydrogen (secondary N) is 1. The summed E-state index contributed by atoms with van der Waals surface area (Å²) >= 11 is 0. The van der Waals surface area contributed by atoms with Crippen molar-refractivity contribution in [2.75, 3.05) is 6.61 Å². The van der Waals surface area contributed by atoms with E-state index < -0.39 is 36.4 Å². The second-order valence-electron chi connectivity index (χ2n) is 8.20. The van der Waals surface area contributed by atoms with Crippen LogP contribution in [0.15, 0.2) is 36.4 Å². The van der Waals surface area contributed by atoms with Crippen LogP contribution in [0.5, 0.6) is 0 Å². The Kier molecular flexibility index (Phi) is 5.70. The van der Waals surface area contributed by atoms with Crippen molar-refractivity contribution < 1.29 is 23.9 Å². The lowest BCUT2D eigenvalue weighted by atomic mass is 9.85. The summed E-state index contributed by atoms with van der Waals surface area (Å²) in [5.41, 5.74) is 2.32. The molecule has 30 heavy (non-hydrogen) atoms. The largest absolute Gasteiger partial charge is 0.454 e. The van der Waals surface area contributed by atoms with E-state index in [9.17, 15) is 19.2 Å². The summed E-state index contributed by atoms with van der Waals surface area (Å²) in [5, 5.41) is 2.93. The molecular formula is C23H26N2O5. The first-order valence-electron chi connectivity index (χ1n) is 10.5. The van der Waals surface area contributed by atoms with E-state index in [0.29, 0.717) is 12.8 Å². The van der Waals surface area contributed by atoms with Gasteiger partial charge in [-0.2, -0.15) is 0 Å². The maximum absolute atomic E-state index is 12.6. The molecule has 0 unspecified atom stereocenters. The van der Waals surface area contributed by atoms with Crippen LogP contribution in [-0.4, -0.2) is 41.2 Å². The number of esters is 1. The van der Waals surface area contributed by atoms with Gasteiger partial charge in [-0.25, -0.2) is 4.79 Å². The Morgan fingerprint density at radius 3 is 2.50 bits per heavy atom. The zero-order valence-electron chi connectivity index (χ0n) is 17.0. The predicted molar refractivity (Wildman–Crippen MR) is 108 cm³/mol. The highest BCUT2D eigenvalue weighted by Gasteiger charge is 2.50. The van der Waals surface area contributed by atoms with E-state index in [1.54, 1.807) is 0 Å². The molecular weight excluding hydrogens is 384 g/mol. The first-order valence-corrected chi connectivity index (χ1v) is 10.5. The summed E-state index contributed by atoms with van der Waals surface area (Å²) in [7, 11) is 0. The third-order valence-corrected chi connectivity index (χ3v) is 6.32. The van der Waals surface area contributed by atoms with E-state index in [-0.39, 0.29) is 17.9 Å². The summed E-state index contributed by atoms with van der Waals surface area (Å²) in [6.07, 6.45) is 7.62. The van der Waals surface area contributed by atoms with Crippen molar-refractivity contribution in [1.82, 2.24) is 10.2 Å². The van der Waals surface area contributed by atoms with E-state index in [0.717, 1.165) is 29.7 Å². The molecule has 4 rings (SSSR count). The fourth-order valence-corrected chi connectivity index (χ4v) is 4.71. The number of ether oxygens (including phenoxy) is 1. The Hall–Kier alpha value is -2.96. The minimum absolute atomic E-state index is 0.101. The molecule has 1 fully saturated rings. The van der Waals surface area contributed by atoms with Crippen LogP contribution in [0.3, 0.4) is 0 Å². The van der Waals surface area contributed by atoms with Crippen molar-refractivity contribution in [2.45, 2.75) is 51.1 Å². The topological polar surface area (TPSA) is 92.8 Å². The van der Waals surface area contributed by atoms with E-state index >= 15 is 0 Å². The maximum Gasteiger partial charge on any atom is 0.329 e. The molecule has 4 atom stereocenters. The van der Waals surface area contributed by atoms with Crippen LogP contribution in [0.1, 0.15) is 49.8 Å². The highest BCUT2D eigenvalue weighted by Crippen LogP contribution is 2.36. The summed E-state index contributed by atoms with van der Waals surface area (Å²) in [5.74, 6) is -2.60. The number of benzene rings is 1. The van der Waals surface area contributed by atoms with Gasteiger partial charge < -0.3 is 10.1 Å². The molecule has 1 N–H and O–H groups in total. The van der Waals surface area contributed by atoms with Crippen molar-refractivity contribution in [2.24, 2.45) is 11.8 Å². The second kappa shape index (κ2) is 8.42. The molecule has 1 heterocycles. The average molecular weight is 410 g/mol. The minimum atomic E-state index is -1.04. The van der Waals surface area contributed by atoms with Gasteiger partial charge in [0.2, 0.25) is 11.8 Å². The fourth-order valence-electron chi connectivity index (χ4n) is 4.71. The molecule has 0 spiro atoms. The number of hydrogen-bond acceptors (Lipinski definition) is 5. The highest BCUT2D eigenvalue weighted by molar-refractivity contribution is 6.08. The van der Waals surface area contributed by atoms with Gasteiger partial charge in [0, 0.05) is 0 Å². The standard InChI is InChI=1S/C23H26N2O5/c1-14(25-21(27)17-10-4-5-11-18(17)22(25)28)23(29)30-13-20(26)24-19-12-6-8-15-7-2-3-9-16(15)19/h2-5,7,9,14,17-19H,6,8,10-13H2,1H3,(H,24,26)/t14-,17-,18-,19-/m0/s1. The van der Waals surface area contributed by atoms with Crippen LogP contribution in [0.25, 0.3) is 0 Å². The summed E-state index contributed by atoms with van der Waals surface area (Å²) in [4.78, 5) is 51.0. The molecule has 1 aliphatic heterocycles. The van der Waals surface area contributed by atoms with E-state index in [2.05, 4.69) is 11.4 Å². The number of carbonyl (C=O) groups is 4. The van der Waals surface area contributed by atoms with E-state index in [4.69, 9.17) is 4.74 Å². The maximum atomic E-state index is 12.6. The third-order valence-electron chi connectivity index (χ3n) is 6.32. The van der Waals surface area contributed by atoms with Gasteiger partial charge in [-0.15, -0.1) is 0 Å². The Bertz CT molecular complexity index is 883. The normalized spacial score (nSPS) is 26.0. The van der Waals surface area contributed by atoms with Gasteiger partial charge in [0.05, 0.1) is 17.9 Å². The minimum Gasteiger partial charge on any atom is -0.454 e. The number of imide groups is 1. The molecule has 2 aliphatic carbocycles. The molecule has 0 saturated carbocycles. The number of aryl methyl sites for hydroxylation is 1. The van der Waals surface area contributed by atoms with Crippen LogP contribution in [-0.2, 0) is 30.3 Å². The number of allylic oxidation sites excluding steroid dienone is 2. The molecule has 158 valence electrons. The van der Waals surface area contributed by atoms with Crippen molar-refractivity contribution >= 4 is 23.7 Å². The van der Waals surface area contributed by atoms with Crippen molar-refractivity contribution in [3.63, 3.8) is 0 Å². The molecule has 1 saturated heterocycles. The van der Waals surface area contributed by atoms with Gasteiger partial charge in [0.1, 0.15) is 6.04 Å². The Balaban J connectivity index is 1.32. The number of likely N-dealkylation sites (tertiary alicyclic amines) is 1. The lowest BCUT2D eigenvalue weighted by molar-refractivity contribution is -0.159. The van der Waals surface area contributed by atoms with Crippen LogP contribution < -0.4 is 5.32 Å². The zero-order chi connectivity index (χ0) is 21.3. The Morgan fingerprint density at radius 2 is 1.80 bits per heavy atom. The first-order chi connectivity index (χ1) is 14.5. The van der Waals surface area contributed by atoms with Crippen LogP contribution in [0.4, 0.5) is 0 Å². The zero-order valence-corrected chi connectivity index (χ0v) is 17.0. The molecule has 3 aliphatic rings. The van der Waals surface area contributed by atoms with Crippen molar-refractivity contribution in [3.8, 4) is 0 Å². The second-order valence-corrected chi connectivity index (χ2v) is 8.20. The van der Waals surface area contributed by atoms with Gasteiger partial charge in [0.25, 0.3) is 5.91 Å². The average Bonchev–Trinajstić information content (AvgIpc) is 3.02. The van der Waals surface area contributed by atoms with Crippen LogP contribution in [0, 0.1) is 11.8 Å². The number of amides is 3. The lowest BCUT2D eigenvalue weighted by Gasteiger charge is -2.26. The van der Waals surface area contributed by atoms with Gasteiger partial charge in [-0.1, -0.05) is 36.4 Å². The number of carbonyl (C=O) groups excluding carboxylic acids is 4. The molecule has 0 aromatic heterocycles. The summed E-state index contributed by atoms with van der Waals surface area (Å²) in [6.45, 7) is 1.03. The molecule has 0 bridgehead atoms.